The van der Waals surface area contributed by atoms with Crippen LogP contribution in [-0.2, 0) is 0 Å². The minimum Gasteiger partial charge on any atom is -0.307 e. The average Bonchev–Trinajstić information content (AvgIpc) is 2.75. The molecule has 0 saturated carbocycles. The van der Waals surface area contributed by atoms with Crippen LogP contribution in [0.25, 0.3) is 0 Å². The summed E-state index contributed by atoms with van der Waals surface area (Å²) < 4.78 is 0. The first-order valence-corrected chi connectivity index (χ1v) is 4.76. The van der Waals surface area contributed by atoms with Gasteiger partial charge < -0.3 is 5.32 Å². The molecule has 2 N–H and O–H groups in total. The Balaban J connectivity index is 2.40. The maximum Gasteiger partial charge on any atom is 0.146 e. The van der Waals surface area contributed by atoms with Crippen molar-refractivity contribution in [3.8, 4) is 0 Å². The van der Waals surface area contributed by atoms with Gasteiger partial charge in [0.05, 0.1) is 6.04 Å². The van der Waals surface area contributed by atoms with Gasteiger partial charge in [-0.25, -0.2) is 4.98 Å². The maximum absolute atomic E-state index is 4.15. The van der Waals surface area contributed by atoms with Gasteiger partial charge in [-0.3, -0.25) is 10.1 Å². The highest BCUT2D eigenvalue weighted by Crippen LogP contribution is 2.20. The van der Waals surface area contributed by atoms with E-state index in [2.05, 4.69) is 32.4 Å². The van der Waals surface area contributed by atoms with E-state index in [1.54, 1.807) is 6.20 Å². The number of pyridine rings is 1. The van der Waals surface area contributed by atoms with E-state index in [4.69, 9.17) is 0 Å². The molecule has 0 bridgehead atoms. The number of aryl methyl sites for hydroxylation is 1. The molecule has 2 heterocycles. The van der Waals surface area contributed by atoms with E-state index in [0.717, 1.165) is 11.4 Å². The van der Waals surface area contributed by atoms with Gasteiger partial charge in [0.15, 0.2) is 0 Å². The minimum absolute atomic E-state index is 0.0150. The van der Waals surface area contributed by atoms with Crippen LogP contribution in [0.1, 0.15) is 23.0 Å². The van der Waals surface area contributed by atoms with Crippen LogP contribution >= 0.6 is 0 Å². The van der Waals surface area contributed by atoms with Gasteiger partial charge >= 0.3 is 0 Å². The molecule has 0 aliphatic carbocycles. The lowest BCUT2D eigenvalue weighted by Crippen LogP contribution is -2.20. The minimum atomic E-state index is 0.0150. The monoisotopic (exact) mass is 203 g/mol. The number of aromatic nitrogens is 4. The van der Waals surface area contributed by atoms with Gasteiger partial charge in [-0.05, 0) is 31.2 Å². The second-order valence-electron chi connectivity index (χ2n) is 3.32. The molecule has 0 fully saturated rings. The van der Waals surface area contributed by atoms with Crippen LogP contribution in [0.5, 0.6) is 0 Å². The van der Waals surface area contributed by atoms with Crippen molar-refractivity contribution in [1.29, 1.82) is 0 Å². The summed E-state index contributed by atoms with van der Waals surface area (Å²) in [7, 11) is 1.89. The fourth-order valence-corrected chi connectivity index (χ4v) is 1.57. The van der Waals surface area contributed by atoms with Crippen molar-refractivity contribution in [3.63, 3.8) is 0 Å². The molecule has 1 unspecified atom stereocenters. The third-order valence-corrected chi connectivity index (χ3v) is 2.39. The molecule has 2 rings (SSSR count). The number of hydrogen-bond acceptors (Lipinski definition) is 4. The molecule has 0 aliphatic heterocycles. The fourth-order valence-electron chi connectivity index (χ4n) is 1.57. The standard InChI is InChI=1S/C10H13N5/c1-7-3-4-12-5-8(7)9(11-2)10-13-6-14-15-10/h3-6,9,11H,1-2H3,(H,13,14,15). The molecule has 2 aromatic heterocycles. The molecule has 0 aromatic carbocycles. The highest BCUT2D eigenvalue weighted by atomic mass is 15.2. The van der Waals surface area contributed by atoms with E-state index in [9.17, 15) is 0 Å². The SMILES string of the molecule is CNC(c1ncn[nH]1)c1cnccc1C. The summed E-state index contributed by atoms with van der Waals surface area (Å²) in [5.74, 6) is 0.800. The zero-order valence-corrected chi connectivity index (χ0v) is 8.73. The van der Waals surface area contributed by atoms with Gasteiger partial charge in [0.1, 0.15) is 12.2 Å². The zero-order chi connectivity index (χ0) is 10.7. The Morgan fingerprint density at radius 1 is 1.47 bits per heavy atom. The molecule has 1 atom stereocenters. The zero-order valence-electron chi connectivity index (χ0n) is 8.73. The Morgan fingerprint density at radius 2 is 2.33 bits per heavy atom. The van der Waals surface area contributed by atoms with Gasteiger partial charge in [0.25, 0.3) is 0 Å². The van der Waals surface area contributed by atoms with Crippen molar-refractivity contribution in [2.24, 2.45) is 0 Å². The van der Waals surface area contributed by atoms with Crippen molar-refractivity contribution >= 4 is 0 Å². The molecule has 0 amide bonds. The molecule has 5 nitrogen and oxygen atoms in total. The summed E-state index contributed by atoms with van der Waals surface area (Å²) in [6.45, 7) is 2.05. The quantitative estimate of drug-likeness (QED) is 0.775. The summed E-state index contributed by atoms with van der Waals surface area (Å²) in [5, 5.41) is 9.90. The largest absolute Gasteiger partial charge is 0.307 e. The van der Waals surface area contributed by atoms with E-state index in [0.29, 0.717) is 0 Å². The number of nitrogens with zero attached hydrogens (tertiary/aromatic N) is 3. The highest BCUT2D eigenvalue weighted by Gasteiger charge is 2.16. The lowest BCUT2D eigenvalue weighted by Gasteiger charge is -2.15. The van der Waals surface area contributed by atoms with E-state index in [1.165, 1.54) is 11.9 Å². The fraction of sp³-hybridized carbons (Fsp3) is 0.300. The first-order chi connectivity index (χ1) is 7.33. The van der Waals surface area contributed by atoms with Crippen molar-refractivity contribution in [1.82, 2.24) is 25.5 Å². The summed E-state index contributed by atoms with van der Waals surface area (Å²) in [4.78, 5) is 8.27. The van der Waals surface area contributed by atoms with Crippen molar-refractivity contribution in [3.05, 3.63) is 41.7 Å². The summed E-state index contributed by atoms with van der Waals surface area (Å²) >= 11 is 0. The van der Waals surface area contributed by atoms with Gasteiger partial charge in [-0.15, -0.1) is 0 Å². The Morgan fingerprint density at radius 3 is 2.93 bits per heavy atom. The lowest BCUT2D eigenvalue weighted by atomic mass is 10.0. The molecule has 78 valence electrons. The lowest BCUT2D eigenvalue weighted by molar-refractivity contribution is 0.643. The van der Waals surface area contributed by atoms with Crippen LogP contribution in [-0.4, -0.2) is 27.2 Å². The molecule has 0 aliphatic rings. The van der Waals surface area contributed by atoms with Crippen molar-refractivity contribution < 1.29 is 0 Å². The first kappa shape index (κ1) is 9.79. The Bertz CT molecular complexity index is 423. The second-order valence-corrected chi connectivity index (χ2v) is 3.32. The number of H-pyrrole nitrogens is 1. The molecule has 0 radical (unpaired) electrons. The summed E-state index contributed by atoms with van der Waals surface area (Å²) in [6, 6.07) is 2.00. The molecule has 0 saturated heterocycles. The van der Waals surface area contributed by atoms with Crippen LogP contribution in [0.3, 0.4) is 0 Å². The Labute approximate surface area is 88.0 Å². The van der Waals surface area contributed by atoms with E-state index in [1.807, 2.05) is 19.3 Å². The Kier molecular flexibility index (Phi) is 2.73. The predicted octanol–water partition coefficient (Wildman–Crippen LogP) is 0.817. The third-order valence-electron chi connectivity index (χ3n) is 2.39. The molecule has 0 spiro atoms. The van der Waals surface area contributed by atoms with Crippen molar-refractivity contribution in [2.45, 2.75) is 13.0 Å². The van der Waals surface area contributed by atoms with Crippen LogP contribution in [0.4, 0.5) is 0 Å². The van der Waals surface area contributed by atoms with Crippen LogP contribution in [0.15, 0.2) is 24.8 Å². The van der Waals surface area contributed by atoms with Gasteiger partial charge in [-0.2, -0.15) is 5.10 Å². The molecule has 15 heavy (non-hydrogen) atoms. The van der Waals surface area contributed by atoms with Gasteiger partial charge in [0, 0.05) is 12.4 Å². The molecular formula is C10H13N5. The third kappa shape index (κ3) is 1.87. The average molecular weight is 203 g/mol. The number of nitrogens with one attached hydrogen (secondary N) is 2. The van der Waals surface area contributed by atoms with E-state index in [-0.39, 0.29) is 6.04 Å². The maximum atomic E-state index is 4.15. The van der Waals surface area contributed by atoms with E-state index >= 15 is 0 Å². The predicted molar refractivity (Wildman–Crippen MR) is 56.3 cm³/mol. The number of aromatic amines is 1. The number of rotatable bonds is 3. The van der Waals surface area contributed by atoms with Crippen LogP contribution in [0.2, 0.25) is 0 Å². The molecule has 2 aromatic rings. The molecule has 5 heteroatoms. The normalized spacial score (nSPS) is 12.7. The smallest absolute Gasteiger partial charge is 0.146 e. The summed E-state index contributed by atoms with van der Waals surface area (Å²) in [5.41, 5.74) is 2.29. The first-order valence-electron chi connectivity index (χ1n) is 4.76. The van der Waals surface area contributed by atoms with Crippen LogP contribution in [0, 0.1) is 6.92 Å². The number of hydrogen-bond donors (Lipinski definition) is 2. The second kappa shape index (κ2) is 4.18. The van der Waals surface area contributed by atoms with E-state index < -0.39 is 0 Å². The van der Waals surface area contributed by atoms with Crippen molar-refractivity contribution in [2.75, 3.05) is 7.05 Å². The Hall–Kier alpha value is -1.75. The summed E-state index contributed by atoms with van der Waals surface area (Å²) in [6.07, 6.45) is 5.14. The topological polar surface area (TPSA) is 66.5 Å². The van der Waals surface area contributed by atoms with Gasteiger partial charge in [0.2, 0.25) is 0 Å². The van der Waals surface area contributed by atoms with Crippen LogP contribution < -0.4 is 5.32 Å². The molecular weight excluding hydrogens is 190 g/mol. The van der Waals surface area contributed by atoms with Gasteiger partial charge in [-0.1, -0.05) is 0 Å². The highest BCUT2D eigenvalue weighted by molar-refractivity contribution is 5.29.